The largest absolute Gasteiger partial charge is 0.459 e. The summed E-state index contributed by atoms with van der Waals surface area (Å²) in [6.45, 7) is 3.10. The third-order valence-corrected chi connectivity index (χ3v) is 5.66. The van der Waals surface area contributed by atoms with Gasteiger partial charge in [-0.2, -0.15) is 10.2 Å². The zero-order chi connectivity index (χ0) is 22.8. The van der Waals surface area contributed by atoms with Crippen molar-refractivity contribution < 1.29 is 13.6 Å². The highest BCUT2D eigenvalue weighted by molar-refractivity contribution is 5.93. The summed E-state index contributed by atoms with van der Waals surface area (Å²) in [5, 5.41) is 23.7. The van der Waals surface area contributed by atoms with Crippen LogP contribution in [-0.4, -0.2) is 44.2 Å². The Hall–Kier alpha value is -4.46. The van der Waals surface area contributed by atoms with E-state index in [9.17, 15) is 10.1 Å². The van der Waals surface area contributed by atoms with Crippen molar-refractivity contribution in [3.8, 4) is 23.4 Å². The zero-order valence-electron chi connectivity index (χ0n) is 17.8. The van der Waals surface area contributed by atoms with Crippen molar-refractivity contribution in [1.82, 2.24) is 25.2 Å². The van der Waals surface area contributed by atoms with Gasteiger partial charge in [0.1, 0.15) is 12.4 Å². The van der Waals surface area contributed by atoms with Gasteiger partial charge in [-0.15, -0.1) is 5.10 Å². The van der Waals surface area contributed by atoms with E-state index in [2.05, 4.69) is 31.9 Å². The molecule has 11 nitrogen and oxygen atoms in total. The van der Waals surface area contributed by atoms with Crippen LogP contribution in [-0.2, 0) is 4.79 Å². The molecule has 1 saturated heterocycles. The number of tetrazole rings is 1. The van der Waals surface area contributed by atoms with E-state index in [1.165, 1.54) is 12.6 Å². The van der Waals surface area contributed by atoms with E-state index in [0.29, 0.717) is 37.6 Å². The summed E-state index contributed by atoms with van der Waals surface area (Å²) in [4.78, 5) is 19.0. The van der Waals surface area contributed by atoms with Gasteiger partial charge in [0.15, 0.2) is 5.76 Å². The molecule has 33 heavy (non-hydrogen) atoms. The molecule has 0 atom stereocenters. The zero-order valence-corrected chi connectivity index (χ0v) is 17.8. The summed E-state index contributed by atoms with van der Waals surface area (Å²) in [5.74, 6) is 0.981. The molecule has 4 heterocycles. The summed E-state index contributed by atoms with van der Waals surface area (Å²) in [6.07, 6.45) is 4.32. The number of amides is 1. The number of nitriles is 1. The molecule has 3 aromatic heterocycles. The molecule has 1 aliphatic rings. The number of carbonyl (C=O) groups excluding carboxylic acids is 1. The lowest BCUT2D eigenvalue weighted by molar-refractivity contribution is -0.120. The van der Waals surface area contributed by atoms with Crippen LogP contribution >= 0.6 is 0 Å². The molecule has 1 fully saturated rings. The number of hydrogen-bond acceptors (Lipinski definition) is 9. The van der Waals surface area contributed by atoms with Crippen molar-refractivity contribution in [3.05, 3.63) is 54.2 Å². The Morgan fingerprint density at radius 3 is 2.79 bits per heavy atom. The Balaban J connectivity index is 1.22. The second-order valence-corrected chi connectivity index (χ2v) is 7.77. The number of furan rings is 1. The molecule has 1 aromatic carbocycles. The average molecular weight is 444 g/mol. The lowest BCUT2D eigenvalue weighted by Gasteiger charge is -2.31. The number of nitrogens with one attached hydrogen (secondary N) is 1. The molecule has 0 saturated carbocycles. The van der Waals surface area contributed by atoms with E-state index in [4.69, 9.17) is 8.83 Å². The molecule has 4 aromatic rings. The van der Waals surface area contributed by atoms with Crippen LogP contribution in [0.15, 0.2) is 51.8 Å². The fraction of sp³-hybridized carbons (Fsp3) is 0.273. The monoisotopic (exact) mass is 444 g/mol. The Kier molecular flexibility index (Phi) is 5.32. The molecule has 1 aliphatic heterocycles. The predicted molar refractivity (Wildman–Crippen MR) is 116 cm³/mol. The second kappa shape index (κ2) is 8.58. The number of rotatable bonds is 5. The van der Waals surface area contributed by atoms with Gasteiger partial charge in [0.05, 0.1) is 12.0 Å². The lowest BCUT2D eigenvalue weighted by Crippen LogP contribution is -2.38. The van der Waals surface area contributed by atoms with Crippen molar-refractivity contribution in [2.24, 2.45) is 5.92 Å². The number of anilines is 2. The maximum Gasteiger partial charge on any atom is 0.266 e. The first-order chi connectivity index (χ1) is 16.1. The number of carbonyl (C=O) groups is 1. The van der Waals surface area contributed by atoms with Gasteiger partial charge in [-0.3, -0.25) is 4.79 Å². The van der Waals surface area contributed by atoms with Gasteiger partial charge in [-0.1, -0.05) is 0 Å². The van der Waals surface area contributed by atoms with Gasteiger partial charge in [-0.05, 0) is 66.1 Å². The lowest BCUT2D eigenvalue weighted by atomic mass is 9.95. The minimum atomic E-state index is -0.140. The Labute approximate surface area is 188 Å². The maximum atomic E-state index is 12.9. The Bertz CT molecular complexity index is 1300. The number of aryl methyl sites for hydroxylation is 1. The first-order valence-electron chi connectivity index (χ1n) is 10.5. The fourth-order valence-electron chi connectivity index (χ4n) is 3.96. The first-order valence-corrected chi connectivity index (χ1v) is 10.5. The molecular weight excluding hydrogens is 424 g/mol. The Morgan fingerprint density at radius 2 is 2.12 bits per heavy atom. The van der Waals surface area contributed by atoms with Crippen molar-refractivity contribution in [3.63, 3.8) is 0 Å². The molecule has 0 radical (unpaired) electrons. The van der Waals surface area contributed by atoms with E-state index in [-0.39, 0.29) is 23.4 Å². The highest BCUT2D eigenvalue weighted by Crippen LogP contribution is 2.31. The van der Waals surface area contributed by atoms with Crippen LogP contribution in [0, 0.1) is 24.2 Å². The van der Waals surface area contributed by atoms with Crippen LogP contribution in [0.5, 0.6) is 0 Å². The number of aromatic nitrogens is 5. The van der Waals surface area contributed by atoms with Gasteiger partial charge in [0, 0.05) is 24.7 Å². The third-order valence-electron chi connectivity index (χ3n) is 5.66. The summed E-state index contributed by atoms with van der Waals surface area (Å²) in [7, 11) is 0. The smallest absolute Gasteiger partial charge is 0.266 e. The van der Waals surface area contributed by atoms with E-state index in [1.807, 2.05) is 30.0 Å². The molecule has 11 heteroatoms. The summed E-state index contributed by atoms with van der Waals surface area (Å²) < 4.78 is 12.7. The molecule has 0 aliphatic carbocycles. The molecule has 0 unspecified atom stereocenters. The van der Waals surface area contributed by atoms with Crippen LogP contribution in [0.4, 0.5) is 11.6 Å². The van der Waals surface area contributed by atoms with Crippen LogP contribution in [0.3, 0.4) is 0 Å². The first kappa shape index (κ1) is 20.4. The minimum Gasteiger partial charge on any atom is -0.459 e. The van der Waals surface area contributed by atoms with E-state index in [0.717, 1.165) is 16.9 Å². The van der Waals surface area contributed by atoms with Gasteiger partial charge >= 0.3 is 0 Å². The summed E-state index contributed by atoms with van der Waals surface area (Å²) >= 11 is 0. The van der Waals surface area contributed by atoms with Gasteiger partial charge in [0.25, 0.3) is 5.89 Å². The summed E-state index contributed by atoms with van der Waals surface area (Å²) in [5.41, 5.74) is 2.72. The minimum absolute atomic E-state index is 0.0291. The van der Waals surface area contributed by atoms with Crippen LogP contribution in [0.1, 0.15) is 24.1 Å². The summed E-state index contributed by atoms with van der Waals surface area (Å²) in [6, 6.07) is 11.1. The van der Waals surface area contributed by atoms with E-state index >= 15 is 0 Å². The predicted octanol–water partition coefficient (Wildman–Crippen LogP) is 2.95. The average Bonchev–Trinajstić information content (AvgIpc) is 3.61. The Morgan fingerprint density at radius 1 is 1.27 bits per heavy atom. The van der Waals surface area contributed by atoms with Gasteiger partial charge < -0.3 is 19.1 Å². The molecule has 0 spiro atoms. The van der Waals surface area contributed by atoms with E-state index < -0.39 is 0 Å². The van der Waals surface area contributed by atoms with Gasteiger partial charge in [0.2, 0.25) is 17.5 Å². The van der Waals surface area contributed by atoms with E-state index in [1.54, 1.807) is 16.8 Å². The highest BCUT2D eigenvalue weighted by Gasteiger charge is 2.29. The van der Waals surface area contributed by atoms with Crippen LogP contribution in [0.2, 0.25) is 0 Å². The maximum absolute atomic E-state index is 12.9. The number of hydrogen-bond donors (Lipinski definition) is 1. The molecule has 0 bridgehead atoms. The standard InChI is InChI=1S/C22H20N8O3/c1-14-11-16(4-5-18(14)30-13-24-27-28-30)25-20(31)15-6-8-29(9-7-15)22-17(12-23)26-21(33-22)19-3-2-10-32-19/h2-5,10-11,13,15H,6-9H2,1H3,(H,25,31). The van der Waals surface area contributed by atoms with Gasteiger partial charge in [-0.25, -0.2) is 4.68 Å². The highest BCUT2D eigenvalue weighted by atomic mass is 16.4. The topological polar surface area (TPSA) is 139 Å². The normalized spacial score (nSPS) is 14.2. The number of piperidine rings is 1. The fourth-order valence-corrected chi connectivity index (χ4v) is 3.96. The molecule has 5 rings (SSSR count). The quantitative estimate of drug-likeness (QED) is 0.492. The van der Waals surface area contributed by atoms with Crippen molar-refractivity contribution >= 4 is 17.5 Å². The number of benzene rings is 1. The molecule has 1 amide bonds. The third kappa shape index (κ3) is 4.06. The second-order valence-electron chi connectivity index (χ2n) is 7.77. The molecule has 1 N–H and O–H groups in total. The van der Waals surface area contributed by atoms with Crippen molar-refractivity contribution in [2.75, 3.05) is 23.3 Å². The van der Waals surface area contributed by atoms with Crippen LogP contribution in [0.25, 0.3) is 17.3 Å². The molecular formula is C22H20N8O3. The van der Waals surface area contributed by atoms with Crippen molar-refractivity contribution in [2.45, 2.75) is 19.8 Å². The van der Waals surface area contributed by atoms with Crippen LogP contribution < -0.4 is 10.2 Å². The SMILES string of the molecule is Cc1cc(NC(=O)C2CCN(c3oc(-c4ccco4)nc3C#N)CC2)ccc1-n1cnnn1. The van der Waals surface area contributed by atoms with Crippen molar-refractivity contribution in [1.29, 1.82) is 5.26 Å². The number of nitrogens with zero attached hydrogens (tertiary/aromatic N) is 7. The molecule has 166 valence electrons. The number of oxazole rings is 1.